The standard InChI is InChI=1S/C27H33N3.H2/c1-5-8-22(17-21(3)30-15-13-29(4)14-16-30)25-11-12-27-26(25)18-23(19-28-27)24-10-7-6-9-20(24)2;/h5,7-8,10-11,17-19H,3,6,9,12-16H2,1-2,4H3;1H/b8-5-,22-17+;. The second-order valence-corrected chi connectivity index (χ2v) is 8.56. The molecule has 0 bridgehead atoms. The molecular weight excluding hydrogens is 366 g/mol. The van der Waals surface area contributed by atoms with E-state index in [1.165, 1.54) is 39.1 Å². The smallest absolute Gasteiger partial charge is 0.0520 e. The van der Waals surface area contributed by atoms with Gasteiger partial charge in [0.25, 0.3) is 0 Å². The summed E-state index contributed by atoms with van der Waals surface area (Å²) in [7, 11) is 2.19. The van der Waals surface area contributed by atoms with Gasteiger partial charge in [0.05, 0.1) is 5.69 Å². The summed E-state index contributed by atoms with van der Waals surface area (Å²) in [4.78, 5) is 9.60. The molecular formula is C27H35N3. The van der Waals surface area contributed by atoms with Crippen molar-refractivity contribution in [3.05, 3.63) is 89.0 Å². The molecule has 3 nitrogen and oxygen atoms in total. The Morgan fingerprint density at radius 1 is 1.23 bits per heavy atom. The van der Waals surface area contributed by atoms with Crippen molar-refractivity contribution in [2.45, 2.75) is 33.1 Å². The zero-order valence-corrected chi connectivity index (χ0v) is 18.6. The van der Waals surface area contributed by atoms with E-state index >= 15 is 0 Å². The van der Waals surface area contributed by atoms with Crippen molar-refractivity contribution in [3.8, 4) is 0 Å². The minimum absolute atomic E-state index is 0. The van der Waals surface area contributed by atoms with Gasteiger partial charge in [-0.1, -0.05) is 42.5 Å². The molecule has 1 aromatic rings. The van der Waals surface area contributed by atoms with Gasteiger partial charge >= 0.3 is 0 Å². The number of aromatic nitrogens is 1. The number of likely N-dealkylation sites (N-methyl/N-ethyl adjacent to an activating group) is 1. The lowest BCUT2D eigenvalue weighted by atomic mass is 9.91. The van der Waals surface area contributed by atoms with Gasteiger partial charge < -0.3 is 9.80 Å². The zero-order valence-electron chi connectivity index (χ0n) is 18.6. The molecule has 0 spiro atoms. The molecule has 30 heavy (non-hydrogen) atoms. The molecule has 2 heterocycles. The first-order chi connectivity index (χ1) is 14.6. The van der Waals surface area contributed by atoms with Gasteiger partial charge in [0, 0.05) is 57.0 Å². The number of nitrogens with zero attached hydrogens (tertiary/aromatic N) is 3. The molecule has 3 aliphatic rings. The molecule has 0 amide bonds. The van der Waals surface area contributed by atoms with Gasteiger partial charge in [-0.3, -0.25) is 4.98 Å². The topological polar surface area (TPSA) is 19.4 Å². The fourth-order valence-corrected chi connectivity index (χ4v) is 4.50. The molecule has 1 aliphatic heterocycles. The van der Waals surface area contributed by atoms with Crippen LogP contribution in [0.25, 0.3) is 11.1 Å². The number of rotatable bonds is 5. The number of hydrogen-bond acceptors (Lipinski definition) is 3. The van der Waals surface area contributed by atoms with Crippen LogP contribution in [-0.2, 0) is 6.42 Å². The van der Waals surface area contributed by atoms with Gasteiger partial charge in [-0.15, -0.1) is 0 Å². The van der Waals surface area contributed by atoms with Crippen LogP contribution in [0.4, 0.5) is 0 Å². The van der Waals surface area contributed by atoms with Crippen molar-refractivity contribution in [1.82, 2.24) is 14.8 Å². The molecule has 0 N–H and O–H groups in total. The monoisotopic (exact) mass is 401 g/mol. The second kappa shape index (κ2) is 9.01. The van der Waals surface area contributed by atoms with E-state index in [-0.39, 0.29) is 1.43 Å². The Kier molecular flexibility index (Phi) is 6.19. The fourth-order valence-electron chi connectivity index (χ4n) is 4.50. The molecule has 0 saturated carbocycles. The number of hydrogen-bond donors (Lipinski definition) is 0. The zero-order chi connectivity index (χ0) is 21.1. The van der Waals surface area contributed by atoms with Crippen molar-refractivity contribution in [2.24, 2.45) is 0 Å². The average molecular weight is 402 g/mol. The minimum atomic E-state index is 0. The highest BCUT2D eigenvalue weighted by Gasteiger charge is 2.21. The Labute approximate surface area is 183 Å². The molecule has 0 unspecified atom stereocenters. The van der Waals surface area contributed by atoms with Gasteiger partial charge in [0.2, 0.25) is 0 Å². The predicted molar refractivity (Wildman–Crippen MR) is 130 cm³/mol. The van der Waals surface area contributed by atoms with Crippen molar-refractivity contribution >= 4 is 11.1 Å². The van der Waals surface area contributed by atoms with Crippen LogP contribution in [-0.4, -0.2) is 48.0 Å². The van der Waals surface area contributed by atoms with Crippen LogP contribution >= 0.6 is 0 Å². The maximum atomic E-state index is 4.83. The van der Waals surface area contributed by atoms with Crippen molar-refractivity contribution in [1.29, 1.82) is 0 Å². The van der Waals surface area contributed by atoms with Gasteiger partial charge in [-0.25, -0.2) is 0 Å². The Morgan fingerprint density at radius 2 is 2.03 bits per heavy atom. The maximum absolute atomic E-state index is 4.83. The molecule has 1 saturated heterocycles. The van der Waals surface area contributed by atoms with Crippen LogP contribution in [0.3, 0.4) is 0 Å². The first-order valence-electron chi connectivity index (χ1n) is 11.1. The summed E-state index contributed by atoms with van der Waals surface area (Å²) < 4.78 is 0. The summed E-state index contributed by atoms with van der Waals surface area (Å²) in [6.07, 6.45) is 18.7. The van der Waals surface area contributed by atoms with Crippen LogP contribution in [0, 0.1) is 0 Å². The number of fused-ring (bicyclic) bond motifs is 1. The highest BCUT2D eigenvalue weighted by molar-refractivity contribution is 5.88. The summed E-state index contributed by atoms with van der Waals surface area (Å²) in [5.41, 5.74) is 10.1. The van der Waals surface area contributed by atoms with E-state index in [0.29, 0.717) is 0 Å². The van der Waals surface area contributed by atoms with E-state index < -0.39 is 0 Å². The van der Waals surface area contributed by atoms with E-state index in [0.717, 1.165) is 51.1 Å². The number of allylic oxidation sites excluding steroid dienone is 10. The van der Waals surface area contributed by atoms with E-state index in [2.05, 4.69) is 79.8 Å². The third-order valence-corrected chi connectivity index (χ3v) is 6.39. The minimum Gasteiger partial charge on any atom is -0.369 e. The van der Waals surface area contributed by atoms with Crippen LogP contribution in [0.1, 0.15) is 44.9 Å². The highest BCUT2D eigenvalue weighted by atomic mass is 15.2. The van der Waals surface area contributed by atoms with Crippen LogP contribution in [0.15, 0.2) is 72.1 Å². The van der Waals surface area contributed by atoms with E-state index in [9.17, 15) is 0 Å². The first kappa shape index (κ1) is 20.6. The SMILES string of the molecule is C=C(/C=C(\C=C/C)C1=CCc2ncc(C3=C(C)CCC=C3)cc21)N1CCN(C)CC1.[HH]. The Hall–Kier alpha value is -2.65. The van der Waals surface area contributed by atoms with Crippen LogP contribution < -0.4 is 0 Å². The lowest BCUT2D eigenvalue weighted by Gasteiger charge is -2.34. The summed E-state index contributed by atoms with van der Waals surface area (Å²) in [5.74, 6) is 0. The second-order valence-electron chi connectivity index (χ2n) is 8.56. The molecule has 1 aromatic heterocycles. The molecule has 1 fully saturated rings. The molecule has 0 radical (unpaired) electrons. The summed E-state index contributed by atoms with van der Waals surface area (Å²) in [5, 5.41) is 0. The van der Waals surface area contributed by atoms with Gasteiger partial charge in [-0.2, -0.15) is 0 Å². The van der Waals surface area contributed by atoms with Crippen molar-refractivity contribution in [2.75, 3.05) is 33.2 Å². The Bertz CT molecular complexity index is 986. The van der Waals surface area contributed by atoms with Gasteiger partial charge in [0.15, 0.2) is 0 Å². The lowest BCUT2D eigenvalue weighted by Crippen LogP contribution is -2.43. The number of piperazine rings is 1. The summed E-state index contributed by atoms with van der Waals surface area (Å²) >= 11 is 0. The van der Waals surface area contributed by atoms with Gasteiger partial charge in [0.1, 0.15) is 0 Å². The van der Waals surface area contributed by atoms with Crippen molar-refractivity contribution in [3.63, 3.8) is 0 Å². The third-order valence-electron chi connectivity index (χ3n) is 6.39. The quantitative estimate of drug-likeness (QED) is 0.594. The van der Waals surface area contributed by atoms with E-state index in [1.54, 1.807) is 0 Å². The summed E-state index contributed by atoms with van der Waals surface area (Å²) in [6, 6.07) is 2.34. The first-order valence-corrected chi connectivity index (χ1v) is 11.1. The maximum Gasteiger partial charge on any atom is 0.0520 e. The lowest BCUT2D eigenvalue weighted by molar-refractivity contribution is 0.190. The Balaban J connectivity index is 0.00000272. The van der Waals surface area contributed by atoms with Crippen LogP contribution in [0.5, 0.6) is 0 Å². The Morgan fingerprint density at radius 3 is 2.77 bits per heavy atom. The largest absolute Gasteiger partial charge is 0.369 e. The molecule has 4 rings (SSSR count). The summed E-state index contributed by atoms with van der Waals surface area (Å²) in [6.45, 7) is 13.0. The molecule has 0 atom stereocenters. The normalized spacial score (nSPS) is 20.2. The van der Waals surface area contributed by atoms with Crippen LogP contribution in [0.2, 0.25) is 0 Å². The van der Waals surface area contributed by atoms with E-state index in [1.807, 2.05) is 6.20 Å². The third kappa shape index (κ3) is 4.27. The predicted octanol–water partition coefficient (Wildman–Crippen LogP) is 5.65. The molecule has 0 aromatic carbocycles. The van der Waals surface area contributed by atoms with Gasteiger partial charge in [-0.05, 0) is 62.6 Å². The molecule has 3 heteroatoms. The highest BCUT2D eigenvalue weighted by Crippen LogP contribution is 2.36. The fraction of sp³-hybridized carbons (Fsp3) is 0.370. The average Bonchev–Trinajstić information content (AvgIpc) is 3.17. The number of pyridine rings is 1. The van der Waals surface area contributed by atoms with Crippen molar-refractivity contribution < 1.29 is 1.43 Å². The molecule has 2 aliphatic carbocycles. The molecule has 158 valence electrons. The van der Waals surface area contributed by atoms with E-state index in [4.69, 9.17) is 4.98 Å².